The Bertz CT molecular complexity index is 277. The average Bonchev–Trinajstić information content (AvgIpc) is 2.88. The van der Waals surface area contributed by atoms with E-state index in [9.17, 15) is 0 Å². The van der Waals surface area contributed by atoms with Crippen LogP contribution >= 0.6 is 0 Å². The predicted octanol–water partition coefficient (Wildman–Crippen LogP) is 0.569. The zero-order chi connectivity index (χ0) is 9.26. The number of nitrogens with two attached hydrogens (primary N) is 1. The first-order chi connectivity index (χ1) is 6.31. The summed E-state index contributed by atoms with van der Waals surface area (Å²) in [4.78, 5) is 4.21. The second-order valence-electron chi connectivity index (χ2n) is 3.69. The minimum atomic E-state index is 0.404. The Morgan fingerprint density at radius 2 is 2.54 bits per heavy atom. The normalized spacial score (nSPS) is 18.6. The fourth-order valence-corrected chi connectivity index (χ4v) is 1.54. The molecule has 3 N–H and O–H groups in total. The van der Waals surface area contributed by atoms with Crippen LogP contribution in [0.15, 0.2) is 12.4 Å². The van der Waals surface area contributed by atoms with Crippen molar-refractivity contribution < 1.29 is 0 Å². The van der Waals surface area contributed by atoms with Gasteiger partial charge in [-0.25, -0.2) is 4.98 Å². The largest absolute Gasteiger partial charge is 0.351 e. The third-order valence-electron chi connectivity index (χ3n) is 2.58. The molecule has 1 unspecified atom stereocenters. The molecule has 0 aliphatic heterocycles. The molecule has 1 aliphatic rings. The van der Waals surface area contributed by atoms with Gasteiger partial charge >= 0.3 is 0 Å². The minimum absolute atomic E-state index is 0.404. The third-order valence-corrected chi connectivity index (χ3v) is 2.58. The zero-order valence-corrected chi connectivity index (χ0v) is 7.90. The highest BCUT2D eigenvalue weighted by atomic mass is 15.2. The number of nitrogens with one attached hydrogen (secondary N) is 1. The summed E-state index contributed by atoms with van der Waals surface area (Å²) >= 11 is 0. The monoisotopic (exact) mass is 180 g/mol. The van der Waals surface area contributed by atoms with Crippen molar-refractivity contribution in [1.29, 1.82) is 0 Å². The van der Waals surface area contributed by atoms with Gasteiger partial charge in [0.25, 0.3) is 0 Å². The van der Waals surface area contributed by atoms with Crippen molar-refractivity contribution in [3.63, 3.8) is 0 Å². The highest BCUT2D eigenvalue weighted by Gasteiger charge is 2.30. The molecule has 0 aromatic carbocycles. The molecule has 0 amide bonds. The number of aromatic nitrogens is 2. The molecule has 2 rings (SSSR count). The van der Waals surface area contributed by atoms with E-state index >= 15 is 0 Å². The Labute approximate surface area is 78.1 Å². The van der Waals surface area contributed by atoms with Crippen molar-refractivity contribution in [3.05, 3.63) is 12.4 Å². The molecule has 1 aliphatic carbocycles. The van der Waals surface area contributed by atoms with E-state index in [0.29, 0.717) is 12.6 Å². The first-order valence-electron chi connectivity index (χ1n) is 4.75. The summed E-state index contributed by atoms with van der Waals surface area (Å²) < 4.78 is 1.98. The van der Waals surface area contributed by atoms with E-state index in [1.807, 2.05) is 17.8 Å². The van der Waals surface area contributed by atoms with E-state index in [-0.39, 0.29) is 0 Å². The lowest BCUT2D eigenvalue weighted by Crippen LogP contribution is -2.31. The van der Waals surface area contributed by atoms with Gasteiger partial charge in [0.1, 0.15) is 0 Å². The van der Waals surface area contributed by atoms with Crippen LogP contribution in [-0.4, -0.2) is 22.1 Å². The summed E-state index contributed by atoms with van der Waals surface area (Å²) in [6.45, 7) is 0.692. The fraction of sp³-hybridized carbons (Fsp3) is 0.667. The first-order valence-corrected chi connectivity index (χ1v) is 4.75. The van der Waals surface area contributed by atoms with Gasteiger partial charge in [-0.2, -0.15) is 0 Å². The lowest BCUT2D eigenvalue weighted by atomic mass is 10.2. The number of rotatable bonds is 4. The van der Waals surface area contributed by atoms with Gasteiger partial charge in [0.15, 0.2) is 0 Å². The molecule has 4 heteroatoms. The molecule has 0 radical (unpaired) electrons. The van der Waals surface area contributed by atoms with Gasteiger partial charge in [-0.15, -0.1) is 0 Å². The molecule has 0 spiro atoms. The van der Waals surface area contributed by atoms with Gasteiger partial charge in [0.2, 0.25) is 5.95 Å². The van der Waals surface area contributed by atoms with Crippen molar-refractivity contribution in [2.45, 2.75) is 18.9 Å². The Hall–Kier alpha value is -1.03. The van der Waals surface area contributed by atoms with Crippen LogP contribution in [-0.2, 0) is 7.05 Å². The van der Waals surface area contributed by atoms with E-state index in [2.05, 4.69) is 10.3 Å². The SMILES string of the molecule is Cn1ccnc1NC(CN)C1CC1. The van der Waals surface area contributed by atoms with Gasteiger partial charge in [-0.1, -0.05) is 0 Å². The summed E-state index contributed by atoms with van der Waals surface area (Å²) in [6.07, 6.45) is 6.34. The predicted molar refractivity (Wildman–Crippen MR) is 52.4 cm³/mol. The summed E-state index contributed by atoms with van der Waals surface area (Å²) in [5.41, 5.74) is 5.68. The third kappa shape index (κ3) is 1.83. The van der Waals surface area contributed by atoms with Crippen LogP contribution in [0.5, 0.6) is 0 Å². The summed E-state index contributed by atoms with van der Waals surface area (Å²) in [6, 6.07) is 0.404. The van der Waals surface area contributed by atoms with Gasteiger partial charge in [-0.3, -0.25) is 0 Å². The lowest BCUT2D eigenvalue weighted by molar-refractivity contribution is 0.634. The maximum atomic E-state index is 5.68. The van der Waals surface area contributed by atoms with Crippen molar-refractivity contribution in [2.24, 2.45) is 18.7 Å². The smallest absolute Gasteiger partial charge is 0.202 e. The number of aryl methyl sites for hydroxylation is 1. The topological polar surface area (TPSA) is 55.9 Å². The van der Waals surface area contributed by atoms with E-state index < -0.39 is 0 Å². The number of imidazole rings is 1. The highest BCUT2D eigenvalue weighted by Crippen LogP contribution is 2.33. The summed E-state index contributed by atoms with van der Waals surface area (Å²) in [5.74, 6) is 1.68. The molecule has 1 aromatic heterocycles. The number of anilines is 1. The van der Waals surface area contributed by atoms with Gasteiger partial charge in [0, 0.05) is 32.0 Å². The maximum absolute atomic E-state index is 5.68. The maximum Gasteiger partial charge on any atom is 0.202 e. The Balaban J connectivity index is 1.99. The van der Waals surface area contributed by atoms with E-state index in [1.54, 1.807) is 6.20 Å². The van der Waals surface area contributed by atoms with Crippen LogP contribution in [0.2, 0.25) is 0 Å². The number of hydrogen-bond acceptors (Lipinski definition) is 3. The molecule has 1 saturated carbocycles. The van der Waals surface area contributed by atoms with Crippen molar-refractivity contribution in [3.8, 4) is 0 Å². The minimum Gasteiger partial charge on any atom is -0.351 e. The van der Waals surface area contributed by atoms with Crippen LogP contribution in [0.25, 0.3) is 0 Å². The number of hydrogen-bond donors (Lipinski definition) is 2. The second kappa shape index (κ2) is 3.38. The molecular weight excluding hydrogens is 164 g/mol. The molecular formula is C9H16N4. The van der Waals surface area contributed by atoms with Gasteiger partial charge in [0.05, 0.1) is 0 Å². The van der Waals surface area contributed by atoms with Crippen LogP contribution in [0.1, 0.15) is 12.8 Å². The van der Waals surface area contributed by atoms with Crippen molar-refractivity contribution in [1.82, 2.24) is 9.55 Å². The standard InChI is InChI=1S/C9H16N4/c1-13-5-4-11-9(13)12-8(6-10)7-2-3-7/h4-5,7-8H,2-3,6,10H2,1H3,(H,11,12). The average molecular weight is 180 g/mol. The second-order valence-corrected chi connectivity index (χ2v) is 3.69. The van der Waals surface area contributed by atoms with E-state index in [1.165, 1.54) is 12.8 Å². The van der Waals surface area contributed by atoms with E-state index in [4.69, 9.17) is 5.73 Å². The molecule has 0 saturated heterocycles. The Morgan fingerprint density at radius 1 is 1.77 bits per heavy atom. The van der Waals surface area contributed by atoms with Crippen LogP contribution in [0, 0.1) is 5.92 Å². The van der Waals surface area contributed by atoms with Crippen LogP contribution in [0.4, 0.5) is 5.95 Å². The lowest BCUT2D eigenvalue weighted by Gasteiger charge is -2.16. The van der Waals surface area contributed by atoms with E-state index in [0.717, 1.165) is 11.9 Å². The van der Waals surface area contributed by atoms with Gasteiger partial charge < -0.3 is 15.6 Å². The van der Waals surface area contributed by atoms with Crippen molar-refractivity contribution in [2.75, 3.05) is 11.9 Å². The molecule has 72 valence electrons. The molecule has 1 heterocycles. The molecule has 1 fully saturated rings. The fourth-order valence-electron chi connectivity index (χ4n) is 1.54. The molecule has 13 heavy (non-hydrogen) atoms. The first kappa shape index (κ1) is 8.56. The summed E-state index contributed by atoms with van der Waals surface area (Å²) in [7, 11) is 1.98. The molecule has 4 nitrogen and oxygen atoms in total. The Morgan fingerprint density at radius 3 is 3.00 bits per heavy atom. The highest BCUT2D eigenvalue weighted by molar-refractivity contribution is 5.28. The van der Waals surface area contributed by atoms with Crippen LogP contribution in [0.3, 0.4) is 0 Å². The van der Waals surface area contributed by atoms with Gasteiger partial charge in [-0.05, 0) is 18.8 Å². The zero-order valence-electron chi connectivity index (χ0n) is 7.90. The molecule has 1 aromatic rings. The number of nitrogens with zero attached hydrogens (tertiary/aromatic N) is 2. The molecule has 1 atom stereocenters. The molecule has 0 bridgehead atoms. The Kier molecular flexibility index (Phi) is 2.22. The quantitative estimate of drug-likeness (QED) is 0.712. The van der Waals surface area contributed by atoms with Crippen molar-refractivity contribution >= 4 is 5.95 Å². The summed E-state index contributed by atoms with van der Waals surface area (Å²) in [5, 5.41) is 3.37. The van der Waals surface area contributed by atoms with Crippen LogP contribution < -0.4 is 11.1 Å².